The summed E-state index contributed by atoms with van der Waals surface area (Å²) in [5.74, 6) is 1.84. The zero-order valence-corrected chi connectivity index (χ0v) is 10.5. The first-order valence-electron chi connectivity index (χ1n) is 6.56. The Bertz CT molecular complexity index is 315. The maximum atomic E-state index is 3.48. The van der Waals surface area contributed by atoms with Gasteiger partial charge < -0.3 is 5.32 Å². The Morgan fingerprint density at radius 3 is 2.38 bits per heavy atom. The first-order valence-corrected chi connectivity index (χ1v) is 6.56. The minimum Gasteiger partial charge on any atom is -0.317 e. The van der Waals surface area contributed by atoms with Crippen molar-refractivity contribution in [1.82, 2.24) is 5.32 Å². The normalized spacial score (nSPS) is 24.1. The van der Waals surface area contributed by atoms with E-state index in [2.05, 4.69) is 43.4 Å². The molecule has 1 aromatic rings. The van der Waals surface area contributed by atoms with Crippen LogP contribution in [0.4, 0.5) is 0 Å². The largest absolute Gasteiger partial charge is 0.317 e. The molecule has 0 bridgehead atoms. The van der Waals surface area contributed by atoms with Gasteiger partial charge in [-0.3, -0.25) is 0 Å². The van der Waals surface area contributed by atoms with E-state index in [4.69, 9.17) is 0 Å². The van der Waals surface area contributed by atoms with Crippen molar-refractivity contribution in [2.75, 3.05) is 13.1 Å². The van der Waals surface area contributed by atoms with Gasteiger partial charge in [-0.15, -0.1) is 0 Å². The van der Waals surface area contributed by atoms with Gasteiger partial charge >= 0.3 is 0 Å². The molecule has 0 amide bonds. The predicted octanol–water partition coefficient (Wildman–Crippen LogP) is 3.17. The molecule has 0 spiro atoms. The molecule has 0 heterocycles. The highest BCUT2D eigenvalue weighted by Gasteiger charge is 2.29. The second-order valence-electron chi connectivity index (χ2n) is 5.09. The highest BCUT2D eigenvalue weighted by atomic mass is 14.9. The van der Waals surface area contributed by atoms with Gasteiger partial charge in [-0.1, -0.05) is 36.8 Å². The van der Waals surface area contributed by atoms with Crippen molar-refractivity contribution in [3.63, 3.8) is 0 Å². The second-order valence-corrected chi connectivity index (χ2v) is 5.09. The molecular weight excluding hydrogens is 194 g/mol. The van der Waals surface area contributed by atoms with Crippen LogP contribution in [0.5, 0.6) is 0 Å². The van der Waals surface area contributed by atoms with E-state index in [9.17, 15) is 0 Å². The third kappa shape index (κ3) is 2.85. The number of hydrogen-bond donors (Lipinski definition) is 1. The number of aryl methyl sites for hydroxylation is 1. The fraction of sp³-hybridized carbons (Fsp3) is 0.600. The number of benzene rings is 1. The lowest BCUT2D eigenvalue weighted by Crippen LogP contribution is -2.36. The van der Waals surface area contributed by atoms with Crippen LogP contribution in [-0.2, 0) is 6.42 Å². The Morgan fingerprint density at radius 2 is 1.81 bits per heavy atom. The summed E-state index contributed by atoms with van der Waals surface area (Å²) in [6.07, 6.45) is 4.11. The molecule has 2 atom stereocenters. The molecule has 2 rings (SSSR count). The third-order valence-corrected chi connectivity index (χ3v) is 3.85. The van der Waals surface area contributed by atoms with E-state index < -0.39 is 0 Å². The smallest absolute Gasteiger partial charge is 0.00179 e. The van der Waals surface area contributed by atoms with Crippen LogP contribution >= 0.6 is 0 Å². The van der Waals surface area contributed by atoms with Gasteiger partial charge in [0.15, 0.2) is 0 Å². The van der Waals surface area contributed by atoms with Crippen molar-refractivity contribution in [2.24, 2.45) is 11.8 Å². The highest BCUT2D eigenvalue weighted by Crippen LogP contribution is 2.36. The van der Waals surface area contributed by atoms with Crippen LogP contribution in [0.1, 0.15) is 30.9 Å². The monoisotopic (exact) mass is 217 g/mol. The van der Waals surface area contributed by atoms with Crippen LogP contribution in [0.15, 0.2) is 24.3 Å². The van der Waals surface area contributed by atoms with E-state index in [0.29, 0.717) is 0 Å². The molecule has 16 heavy (non-hydrogen) atoms. The van der Waals surface area contributed by atoms with Gasteiger partial charge in [0.05, 0.1) is 0 Å². The van der Waals surface area contributed by atoms with Gasteiger partial charge in [0, 0.05) is 0 Å². The van der Waals surface area contributed by atoms with Crippen LogP contribution in [0.3, 0.4) is 0 Å². The first-order chi connectivity index (χ1) is 7.79. The molecule has 1 saturated carbocycles. The van der Waals surface area contributed by atoms with Crippen molar-refractivity contribution >= 4 is 0 Å². The Kier molecular flexibility index (Phi) is 4.00. The standard InChI is InChI=1S/C15H23N/c1-3-16-11-15-9-8-14(15)10-13-6-4-12(2)5-7-13/h4-7,14-16H,3,8-11H2,1-2H3. The summed E-state index contributed by atoms with van der Waals surface area (Å²) in [5.41, 5.74) is 2.87. The zero-order valence-electron chi connectivity index (χ0n) is 10.5. The Hall–Kier alpha value is -0.820. The number of rotatable bonds is 5. The lowest BCUT2D eigenvalue weighted by Gasteiger charge is -2.37. The van der Waals surface area contributed by atoms with E-state index in [-0.39, 0.29) is 0 Å². The topological polar surface area (TPSA) is 12.0 Å². The molecule has 1 N–H and O–H groups in total. The lowest BCUT2D eigenvalue weighted by atomic mass is 9.70. The van der Waals surface area contributed by atoms with Gasteiger partial charge in [-0.25, -0.2) is 0 Å². The summed E-state index contributed by atoms with van der Waals surface area (Å²) in [4.78, 5) is 0. The van der Waals surface area contributed by atoms with Crippen LogP contribution in [0.25, 0.3) is 0 Å². The van der Waals surface area contributed by atoms with Crippen LogP contribution < -0.4 is 5.32 Å². The van der Waals surface area contributed by atoms with Crippen molar-refractivity contribution in [3.05, 3.63) is 35.4 Å². The molecule has 1 aromatic carbocycles. The zero-order chi connectivity index (χ0) is 11.4. The average Bonchev–Trinajstić information content (AvgIpc) is 2.27. The highest BCUT2D eigenvalue weighted by molar-refractivity contribution is 5.22. The number of nitrogens with one attached hydrogen (secondary N) is 1. The summed E-state index contributed by atoms with van der Waals surface area (Å²) in [7, 11) is 0. The van der Waals surface area contributed by atoms with E-state index in [0.717, 1.165) is 18.4 Å². The van der Waals surface area contributed by atoms with E-state index in [1.165, 1.54) is 36.9 Å². The van der Waals surface area contributed by atoms with Gasteiger partial charge in [0.25, 0.3) is 0 Å². The van der Waals surface area contributed by atoms with Crippen molar-refractivity contribution in [2.45, 2.75) is 33.1 Å². The summed E-state index contributed by atoms with van der Waals surface area (Å²) in [6, 6.07) is 9.04. The quantitative estimate of drug-likeness (QED) is 0.799. The third-order valence-electron chi connectivity index (χ3n) is 3.85. The fourth-order valence-electron chi connectivity index (χ4n) is 2.53. The summed E-state index contributed by atoms with van der Waals surface area (Å²) in [6.45, 7) is 6.66. The molecule has 1 aliphatic carbocycles. The molecule has 0 radical (unpaired) electrons. The van der Waals surface area contributed by atoms with Gasteiger partial charge in [-0.05, 0) is 56.7 Å². The van der Waals surface area contributed by atoms with Crippen LogP contribution in [0, 0.1) is 18.8 Å². The number of hydrogen-bond acceptors (Lipinski definition) is 1. The van der Waals surface area contributed by atoms with E-state index in [1.807, 2.05) is 0 Å². The van der Waals surface area contributed by atoms with E-state index >= 15 is 0 Å². The molecule has 2 unspecified atom stereocenters. The van der Waals surface area contributed by atoms with Crippen molar-refractivity contribution in [1.29, 1.82) is 0 Å². The Labute approximate surface area is 99.3 Å². The maximum Gasteiger partial charge on any atom is -0.00179 e. The summed E-state index contributed by atoms with van der Waals surface area (Å²) >= 11 is 0. The molecule has 0 aliphatic heterocycles. The molecule has 1 heteroatoms. The minimum atomic E-state index is 0.918. The van der Waals surface area contributed by atoms with Gasteiger partial charge in [0.2, 0.25) is 0 Å². The molecule has 1 nitrogen and oxygen atoms in total. The summed E-state index contributed by atoms with van der Waals surface area (Å²) in [5, 5.41) is 3.48. The van der Waals surface area contributed by atoms with Crippen molar-refractivity contribution in [3.8, 4) is 0 Å². The lowest BCUT2D eigenvalue weighted by molar-refractivity contribution is 0.172. The first kappa shape index (κ1) is 11.7. The molecule has 1 fully saturated rings. The fourth-order valence-corrected chi connectivity index (χ4v) is 2.53. The Balaban J connectivity index is 1.83. The van der Waals surface area contributed by atoms with E-state index in [1.54, 1.807) is 0 Å². The molecule has 0 saturated heterocycles. The predicted molar refractivity (Wildman–Crippen MR) is 69.6 cm³/mol. The Morgan fingerprint density at radius 1 is 1.12 bits per heavy atom. The molecule has 0 aromatic heterocycles. The van der Waals surface area contributed by atoms with Crippen molar-refractivity contribution < 1.29 is 0 Å². The van der Waals surface area contributed by atoms with Gasteiger partial charge in [-0.2, -0.15) is 0 Å². The molecular formula is C15H23N. The minimum absolute atomic E-state index is 0.918. The van der Waals surface area contributed by atoms with Crippen LogP contribution in [0.2, 0.25) is 0 Å². The maximum absolute atomic E-state index is 3.48. The summed E-state index contributed by atoms with van der Waals surface area (Å²) < 4.78 is 0. The molecule has 88 valence electrons. The molecule has 1 aliphatic rings. The average molecular weight is 217 g/mol. The van der Waals surface area contributed by atoms with Gasteiger partial charge in [0.1, 0.15) is 0 Å². The second kappa shape index (κ2) is 5.49. The SMILES string of the molecule is CCNCC1CCC1Cc1ccc(C)cc1. The van der Waals surface area contributed by atoms with Crippen LogP contribution in [-0.4, -0.2) is 13.1 Å².